The van der Waals surface area contributed by atoms with Crippen molar-refractivity contribution in [3.05, 3.63) is 35.5 Å². The van der Waals surface area contributed by atoms with Crippen LogP contribution in [0.25, 0.3) is 11.3 Å². The van der Waals surface area contributed by atoms with Gasteiger partial charge in [-0.1, -0.05) is 0 Å². The highest BCUT2D eigenvalue weighted by molar-refractivity contribution is 5.79. The monoisotopic (exact) mass is 371 g/mol. The molecule has 1 amide bonds. The second kappa shape index (κ2) is 6.69. The van der Waals surface area contributed by atoms with Crippen LogP contribution in [0.4, 0.5) is 9.18 Å². The minimum Gasteiger partial charge on any atom is -0.375 e. The number of piperidine rings is 1. The van der Waals surface area contributed by atoms with Crippen LogP contribution in [0.2, 0.25) is 0 Å². The maximum absolute atomic E-state index is 13.4. The summed E-state index contributed by atoms with van der Waals surface area (Å²) < 4.78 is 20.3. The van der Waals surface area contributed by atoms with Crippen molar-refractivity contribution in [3.8, 4) is 11.3 Å². The van der Waals surface area contributed by atoms with Crippen molar-refractivity contribution in [3.63, 3.8) is 0 Å². The van der Waals surface area contributed by atoms with E-state index in [9.17, 15) is 9.18 Å². The molecule has 6 heterocycles. The molecule has 27 heavy (non-hydrogen) atoms. The summed E-state index contributed by atoms with van der Waals surface area (Å²) in [6.45, 7) is 4.72. The van der Waals surface area contributed by atoms with Crippen molar-refractivity contribution in [2.75, 3.05) is 32.8 Å². The number of pyridine rings is 1. The van der Waals surface area contributed by atoms with E-state index in [0.717, 1.165) is 55.8 Å². The Kier molecular flexibility index (Phi) is 4.17. The zero-order valence-corrected chi connectivity index (χ0v) is 15.1. The molecule has 7 nitrogen and oxygen atoms in total. The largest absolute Gasteiger partial charge is 0.375 e. The first kappa shape index (κ1) is 16.8. The molecule has 2 aromatic rings. The second-order valence-corrected chi connectivity index (χ2v) is 7.41. The Hall–Kier alpha value is -2.32. The van der Waals surface area contributed by atoms with Gasteiger partial charge in [0.05, 0.1) is 24.6 Å². The highest BCUT2D eigenvalue weighted by atomic mass is 19.1. The summed E-state index contributed by atoms with van der Waals surface area (Å²) in [6, 6.07) is 3.18. The molecular weight excluding hydrogens is 349 g/mol. The highest BCUT2D eigenvalue weighted by Crippen LogP contribution is 2.30. The van der Waals surface area contributed by atoms with E-state index < -0.39 is 5.95 Å². The van der Waals surface area contributed by atoms with Gasteiger partial charge >= 0.3 is 6.03 Å². The van der Waals surface area contributed by atoms with Gasteiger partial charge in [0.2, 0.25) is 5.95 Å². The predicted octanol–water partition coefficient (Wildman–Crippen LogP) is 1.91. The number of halogens is 1. The molecule has 0 unspecified atom stereocenters. The van der Waals surface area contributed by atoms with Crippen LogP contribution < -0.4 is 0 Å². The Morgan fingerprint density at radius 3 is 2.81 bits per heavy atom. The molecule has 4 aliphatic heterocycles. The number of hydrogen-bond acceptors (Lipinski definition) is 5. The van der Waals surface area contributed by atoms with Crippen LogP contribution in [0.15, 0.2) is 18.3 Å². The summed E-state index contributed by atoms with van der Waals surface area (Å²) in [5, 5.41) is 4.65. The van der Waals surface area contributed by atoms with Crippen LogP contribution in [0, 0.1) is 5.95 Å². The lowest BCUT2D eigenvalue weighted by Crippen LogP contribution is -2.44. The Balaban J connectivity index is 1.54. The van der Waals surface area contributed by atoms with Crippen molar-refractivity contribution >= 4 is 6.03 Å². The Morgan fingerprint density at radius 2 is 2.04 bits per heavy atom. The van der Waals surface area contributed by atoms with Gasteiger partial charge in [0.15, 0.2) is 0 Å². The average molecular weight is 371 g/mol. The number of amides is 1. The van der Waals surface area contributed by atoms with Crippen molar-refractivity contribution in [1.29, 1.82) is 0 Å². The molecule has 0 saturated carbocycles. The fourth-order valence-electron chi connectivity index (χ4n) is 4.41. The third kappa shape index (κ3) is 2.93. The van der Waals surface area contributed by atoms with Gasteiger partial charge in [-0.2, -0.15) is 14.2 Å². The number of fused-ring (bicyclic) bond motifs is 5. The topological polar surface area (TPSA) is 63.5 Å². The highest BCUT2D eigenvalue weighted by Gasteiger charge is 2.35. The number of nitrogens with zero attached hydrogens (tertiary/aromatic N) is 5. The average Bonchev–Trinajstić information content (AvgIpc) is 2.84. The molecule has 8 heteroatoms. The molecule has 0 aromatic carbocycles. The quantitative estimate of drug-likeness (QED) is 0.717. The number of carbonyl (C=O) groups is 1. The molecule has 3 fully saturated rings. The van der Waals surface area contributed by atoms with Crippen LogP contribution in [-0.4, -0.2) is 69.4 Å². The molecule has 0 spiro atoms. The van der Waals surface area contributed by atoms with Gasteiger partial charge in [0.25, 0.3) is 0 Å². The molecule has 0 aliphatic carbocycles. The van der Waals surface area contributed by atoms with Crippen molar-refractivity contribution < 1.29 is 13.9 Å². The van der Waals surface area contributed by atoms with E-state index in [2.05, 4.69) is 15.0 Å². The van der Waals surface area contributed by atoms with Gasteiger partial charge in [-0.25, -0.2) is 9.78 Å². The zero-order valence-electron chi connectivity index (χ0n) is 15.1. The lowest BCUT2D eigenvalue weighted by Gasteiger charge is -2.31. The van der Waals surface area contributed by atoms with Gasteiger partial charge in [-0.05, 0) is 31.4 Å². The molecular formula is C19H22FN5O2. The maximum atomic E-state index is 13.4. The molecule has 0 radical (unpaired) electrons. The standard InChI is InChI=1S/C19H22FN5O2/c20-17-2-1-13(11-21-17)18-15-5-10-27-12-16(15)25(22-18)19(26)24-9-8-23-6-3-14(24)4-7-23/h1-2,11,14H,3-10,12H2. The van der Waals surface area contributed by atoms with Gasteiger partial charge in [0.1, 0.15) is 0 Å². The summed E-state index contributed by atoms with van der Waals surface area (Å²) in [5.74, 6) is -0.526. The van der Waals surface area contributed by atoms with Gasteiger partial charge < -0.3 is 14.5 Å². The van der Waals surface area contributed by atoms with Crippen LogP contribution >= 0.6 is 0 Å². The van der Waals surface area contributed by atoms with E-state index in [-0.39, 0.29) is 12.1 Å². The van der Waals surface area contributed by atoms with Gasteiger partial charge in [-0.15, -0.1) is 0 Å². The minimum absolute atomic E-state index is 0.0770. The first-order valence-corrected chi connectivity index (χ1v) is 9.54. The number of ether oxygens (including phenoxy) is 1. The smallest absolute Gasteiger partial charge is 0.345 e. The van der Waals surface area contributed by atoms with Crippen LogP contribution in [0.1, 0.15) is 24.1 Å². The van der Waals surface area contributed by atoms with Gasteiger partial charge in [0, 0.05) is 49.5 Å². The third-order valence-corrected chi connectivity index (χ3v) is 5.91. The van der Waals surface area contributed by atoms with Crippen molar-refractivity contribution in [2.45, 2.75) is 31.9 Å². The first-order valence-electron chi connectivity index (χ1n) is 9.54. The maximum Gasteiger partial charge on any atom is 0.345 e. The molecule has 0 atom stereocenters. The number of carbonyl (C=O) groups excluding carboxylic acids is 1. The van der Waals surface area contributed by atoms with Gasteiger partial charge in [-0.3, -0.25) is 0 Å². The first-order chi connectivity index (χ1) is 13.2. The number of rotatable bonds is 1. The predicted molar refractivity (Wildman–Crippen MR) is 95.7 cm³/mol. The molecule has 142 valence electrons. The van der Waals surface area contributed by atoms with E-state index in [1.165, 1.54) is 16.9 Å². The van der Waals surface area contributed by atoms with Crippen LogP contribution in [-0.2, 0) is 17.8 Å². The second-order valence-electron chi connectivity index (χ2n) is 7.41. The minimum atomic E-state index is -0.526. The Morgan fingerprint density at radius 1 is 1.19 bits per heavy atom. The van der Waals surface area contributed by atoms with E-state index in [4.69, 9.17) is 4.74 Å². The molecule has 4 aliphatic rings. The fourth-order valence-corrected chi connectivity index (χ4v) is 4.41. The number of aromatic nitrogens is 3. The van der Waals surface area contributed by atoms with Crippen LogP contribution in [0.3, 0.4) is 0 Å². The summed E-state index contributed by atoms with van der Waals surface area (Å²) in [4.78, 5) is 21.5. The Bertz CT molecular complexity index is 858. The van der Waals surface area contributed by atoms with Crippen LogP contribution in [0.5, 0.6) is 0 Å². The summed E-state index contributed by atoms with van der Waals surface area (Å²) in [6.07, 6.45) is 4.19. The summed E-state index contributed by atoms with van der Waals surface area (Å²) in [7, 11) is 0. The van der Waals surface area contributed by atoms with E-state index in [1.54, 1.807) is 6.07 Å². The molecule has 6 rings (SSSR count). The lowest BCUT2D eigenvalue weighted by atomic mass is 10.0. The molecule has 2 bridgehead atoms. The van der Waals surface area contributed by atoms with E-state index >= 15 is 0 Å². The molecule has 3 saturated heterocycles. The fraction of sp³-hybridized carbons (Fsp3) is 0.526. The third-order valence-electron chi connectivity index (χ3n) is 5.91. The Labute approximate surface area is 156 Å². The summed E-state index contributed by atoms with van der Waals surface area (Å²) >= 11 is 0. The SMILES string of the molecule is O=C(N1CCN2CCC1CC2)n1nc(-c2ccc(F)nc2)c2c1COCC2. The van der Waals surface area contributed by atoms with Crippen molar-refractivity contribution in [1.82, 2.24) is 24.6 Å². The van der Waals surface area contributed by atoms with E-state index in [0.29, 0.717) is 25.3 Å². The lowest BCUT2D eigenvalue weighted by molar-refractivity contribution is 0.103. The van der Waals surface area contributed by atoms with Crippen molar-refractivity contribution in [2.24, 2.45) is 0 Å². The number of hydrogen-bond donors (Lipinski definition) is 0. The summed E-state index contributed by atoms with van der Waals surface area (Å²) in [5.41, 5.74) is 3.25. The molecule has 2 aromatic heterocycles. The normalized spacial score (nSPS) is 24.6. The zero-order chi connectivity index (χ0) is 18.4. The van der Waals surface area contributed by atoms with E-state index in [1.807, 2.05) is 4.90 Å². The molecule has 0 N–H and O–H groups in total.